The monoisotopic (exact) mass is 359 g/mol. The van der Waals surface area contributed by atoms with Crippen molar-refractivity contribution in [2.24, 2.45) is 5.73 Å². The Morgan fingerprint density at radius 1 is 1.22 bits per heavy atom. The second kappa shape index (κ2) is 7.07. The molecule has 1 aromatic carbocycles. The molecular weight excluding hydrogens is 338 g/mol. The Bertz CT molecular complexity index is 680. The highest BCUT2D eigenvalue weighted by atomic mass is 35.5. The van der Waals surface area contributed by atoms with E-state index in [0.29, 0.717) is 37.3 Å². The molecule has 2 aliphatic rings. The summed E-state index contributed by atoms with van der Waals surface area (Å²) in [7, 11) is -3.23. The van der Waals surface area contributed by atoms with Crippen LogP contribution in [-0.2, 0) is 10.0 Å². The van der Waals surface area contributed by atoms with Crippen molar-refractivity contribution in [2.75, 3.05) is 29.7 Å². The number of rotatable bonds is 2. The van der Waals surface area contributed by atoms with E-state index in [1.165, 1.54) is 4.31 Å². The van der Waals surface area contributed by atoms with E-state index in [9.17, 15) is 13.2 Å². The highest BCUT2D eigenvalue weighted by Crippen LogP contribution is 2.25. The van der Waals surface area contributed by atoms with Crippen molar-refractivity contribution >= 4 is 34.0 Å². The summed E-state index contributed by atoms with van der Waals surface area (Å²) in [4.78, 5) is 14.3. The van der Waals surface area contributed by atoms with Crippen LogP contribution in [0.4, 0.5) is 5.69 Å². The molecule has 0 spiro atoms. The third-order valence-electron chi connectivity index (χ3n) is 4.23. The summed E-state index contributed by atoms with van der Waals surface area (Å²) < 4.78 is 25.4. The first-order chi connectivity index (χ1) is 10.5. The minimum Gasteiger partial charge on any atom is -0.337 e. The lowest BCUT2D eigenvalue weighted by molar-refractivity contribution is 0.0709. The summed E-state index contributed by atoms with van der Waals surface area (Å²) in [5.41, 5.74) is 7.02. The smallest absolute Gasteiger partial charge is 0.253 e. The maximum atomic E-state index is 12.6. The summed E-state index contributed by atoms with van der Waals surface area (Å²) >= 11 is 0. The van der Waals surface area contributed by atoms with Gasteiger partial charge in [0.05, 0.1) is 11.4 Å². The predicted molar refractivity (Wildman–Crippen MR) is 92.6 cm³/mol. The summed E-state index contributed by atoms with van der Waals surface area (Å²) in [6.45, 7) is 1.75. The van der Waals surface area contributed by atoms with E-state index in [1.807, 2.05) is 0 Å². The Hall–Kier alpha value is -1.31. The molecule has 0 aliphatic carbocycles. The first-order valence-corrected chi connectivity index (χ1v) is 9.23. The largest absolute Gasteiger partial charge is 0.337 e. The van der Waals surface area contributed by atoms with Gasteiger partial charge in [-0.15, -0.1) is 12.4 Å². The molecule has 2 heterocycles. The molecule has 1 aromatic rings. The van der Waals surface area contributed by atoms with E-state index in [2.05, 4.69) is 0 Å². The average Bonchev–Trinajstić information content (AvgIpc) is 2.86. The van der Waals surface area contributed by atoms with E-state index in [4.69, 9.17) is 5.73 Å². The summed E-state index contributed by atoms with van der Waals surface area (Å²) in [5, 5.41) is 0. The van der Waals surface area contributed by atoms with Gasteiger partial charge in [-0.3, -0.25) is 9.10 Å². The molecule has 2 aliphatic heterocycles. The van der Waals surface area contributed by atoms with Gasteiger partial charge in [-0.05, 0) is 37.5 Å². The zero-order valence-corrected chi connectivity index (χ0v) is 14.5. The summed E-state index contributed by atoms with van der Waals surface area (Å²) in [6.07, 6.45) is 2.48. The van der Waals surface area contributed by atoms with Crippen molar-refractivity contribution in [1.29, 1.82) is 0 Å². The highest BCUT2D eigenvalue weighted by molar-refractivity contribution is 7.93. The van der Waals surface area contributed by atoms with Gasteiger partial charge in [0.2, 0.25) is 10.0 Å². The van der Waals surface area contributed by atoms with Crippen molar-refractivity contribution < 1.29 is 13.2 Å². The molecule has 2 saturated heterocycles. The van der Waals surface area contributed by atoms with Gasteiger partial charge in [0.15, 0.2) is 0 Å². The van der Waals surface area contributed by atoms with Crippen LogP contribution in [0.15, 0.2) is 24.3 Å². The number of halogens is 1. The number of likely N-dealkylation sites (tertiary alicyclic amines) is 1. The van der Waals surface area contributed by atoms with Crippen molar-refractivity contribution in [3.05, 3.63) is 29.8 Å². The Morgan fingerprint density at radius 3 is 2.65 bits per heavy atom. The molecule has 1 amide bonds. The number of benzene rings is 1. The van der Waals surface area contributed by atoms with Crippen molar-refractivity contribution in [3.63, 3.8) is 0 Å². The molecule has 0 bridgehead atoms. The van der Waals surface area contributed by atoms with Crippen molar-refractivity contribution in [3.8, 4) is 0 Å². The van der Waals surface area contributed by atoms with Gasteiger partial charge in [-0.25, -0.2) is 8.42 Å². The molecule has 0 saturated carbocycles. The van der Waals surface area contributed by atoms with Crippen molar-refractivity contribution in [2.45, 2.75) is 25.3 Å². The van der Waals surface area contributed by atoms with Gasteiger partial charge in [0, 0.05) is 31.2 Å². The van der Waals surface area contributed by atoms with Gasteiger partial charge in [-0.2, -0.15) is 0 Å². The maximum absolute atomic E-state index is 12.6. The fourth-order valence-corrected chi connectivity index (χ4v) is 4.66. The average molecular weight is 360 g/mol. The Morgan fingerprint density at radius 2 is 2.00 bits per heavy atom. The zero-order valence-electron chi connectivity index (χ0n) is 12.8. The number of nitrogens with zero attached hydrogens (tertiary/aromatic N) is 2. The van der Waals surface area contributed by atoms with E-state index >= 15 is 0 Å². The first-order valence-electron chi connectivity index (χ1n) is 7.63. The fourth-order valence-electron chi connectivity index (χ4n) is 3.10. The number of nitrogens with two attached hydrogens (primary N) is 1. The third kappa shape index (κ3) is 3.79. The predicted octanol–water partition coefficient (Wildman–Crippen LogP) is 1.21. The van der Waals surface area contributed by atoms with Gasteiger partial charge < -0.3 is 10.6 Å². The molecule has 3 rings (SSSR count). The SMILES string of the molecule is Cl.NC1CCCN(C(=O)c2cccc(N3CCCS3(=O)=O)c2)C1. The molecule has 0 radical (unpaired) electrons. The van der Waals surface area contributed by atoms with Crippen LogP contribution in [0.1, 0.15) is 29.6 Å². The number of carbonyl (C=O) groups is 1. The maximum Gasteiger partial charge on any atom is 0.253 e. The number of carbonyl (C=O) groups excluding carboxylic acids is 1. The number of sulfonamides is 1. The first kappa shape index (κ1) is 18.0. The molecule has 2 N–H and O–H groups in total. The van der Waals surface area contributed by atoms with E-state index < -0.39 is 10.0 Å². The van der Waals surface area contributed by atoms with Crippen LogP contribution in [0, 0.1) is 0 Å². The molecule has 1 unspecified atom stereocenters. The van der Waals surface area contributed by atoms with Gasteiger partial charge in [0.25, 0.3) is 5.91 Å². The third-order valence-corrected chi connectivity index (χ3v) is 6.09. The number of piperidine rings is 1. The van der Waals surface area contributed by atoms with Crippen LogP contribution in [0.2, 0.25) is 0 Å². The van der Waals surface area contributed by atoms with Crippen LogP contribution in [0.3, 0.4) is 0 Å². The summed E-state index contributed by atoms with van der Waals surface area (Å²) in [6, 6.07) is 6.90. The van der Waals surface area contributed by atoms with Crippen LogP contribution in [0.25, 0.3) is 0 Å². The molecular formula is C15H22ClN3O3S. The number of amides is 1. The molecule has 1 atom stereocenters. The molecule has 2 fully saturated rings. The van der Waals surface area contributed by atoms with Crippen LogP contribution >= 0.6 is 12.4 Å². The fraction of sp³-hybridized carbons (Fsp3) is 0.533. The number of anilines is 1. The minimum atomic E-state index is -3.23. The topological polar surface area (TPSA) is 83.7 Å². The molecule has 8 heteroatoms. The molecule has 6 nitrogen and oxygen atoms in total. The van der Waals surface area contributed by atoms with E-state index in [1.54, 1.807) is 29.2 Å². The number of hydrogen-bond acceptors (Lipinski definition) is 4. The standard InChI is InChI=1S/C15H21N3O3S.ClH/c16-13-5-2-7-17(11-13)15(19)12-4-1-6-14(10-12)18-8-3-9-22(18,20)21;/h1,4,6,10,13H,2-3,5,7-9,11,16H2;1H. The molecule has 128 valence electrons. The van der Waals surface area contributed by atoms with Gasteiger partial charge in [-0.1, -0.05) is 6.07 Å². The molecule has 0 aromatic heterocycles. The lowest BCUT2D eigenvalue weighted by Gasteiger charge is -2.31. The second-order valence-corrected chi connectivity index (χ2v) is 7.96. The van der Waals surface area contributed by atoms with Crippen LogP contribution < -0.4 is 10.0 Å². The lowest BCUT2D eigenvalue weighted by atomic mass is 10.1. The Labute approximate surface area is 143 Å². The quantitative estimate of drug-likeness (QED) is 0.860. The second-order valence-electron chi connectivity index (χ2n) is 5.95. The minimum absolute atomic E-state index is 0. The van der Waals surface area contributed by atoms with Crippen LogP contribution in [-0.4, -0.2) is 50.7 Å². The summed E-state index contributed by atoms with van der Waals surface area (Å²) in [5.74, 6) is 0.0974. The highest BCUT2D eigenvalue weighted by Gasteiger charge is 2.29. The molecule has 23 heavy (non-hydrogen) atoms. The lowest BCUT2D eigenvalue weighted by Crippen LogP contribution is -2.45. The van der Waals surface area contributed by atoms with Crippen LogP contribution in [0.5, 0.6) is 0 Å². The number of hydrogen-bond donors (Lipinski definition) is 1. The Balaban J connectivity index is 0.00000192. The zero-order chi connectivity index (χ0) is 15.7. The van der Waals surface area contributed by atoms with Gasteiger partial charge >= 0.3 is 0 Å². The van der Waals surface area contributed by atoms with E-state index in [0.717, 1.165) is 12.8 Å². The van der Waals surface area contributed by atoms with E-state index in [-0.39, 0.29) is 30.1 Å². The van der Waals surface area contributed by atoms with Gasteiger partial charge in [0.1, 0.15) is 0 Å². The van der Waals surface area contributed by atoms with Crippen molar-refractivity contribution in [1.82, 2.24) is 4.90 Å². The normalized spacial score (nSPS) is 23.4. The Kier molecular flexibility index (Phi) is 5.54.